The Morgan fingerprint density at radius 1 is 0.833 bits per heavy atom. The van der Waals surface area contributed by atoms with Crippen LogP contribution in [-0.2, 0) is 32.7 Å². The van der Waals surface area contributed by atoms with Crippen LogP contribution < -0.4 is 13.7 Å². The standard InChI is InChI=1S/C31H38N5O6/c1-32-15-9-6-12-21(32)18-36-19-29(26(37)41-4)24-22-13-7-10-16-33(22)28(36)34-17-11-8-14-23(34)25(35(24,2)3)30(20-36,27(38)42-5)31(29,39)40/h6-17,24-25,28,39-40H,18-20H2,1-5H3/q+5. The lowest BCUT2D eigenvalue weighted by Crippen LogP contribution is -2.87. The number of nitrogens with zero attached hydrogens (tertiary/aromatic N) is 5. The third-order valence-electron chi connectivity index (χ3n) is 10.8. The quantitative estimate of drug-likeness (QED) is 0.185. The second kappa shape index (κ2) is 8.41. The van der Waals surface area contributed by atoms with Crippen molar-refractivity contribution in [3.05, 3.63) is 90.3 Å². The van der Waals surface area contributed by atoms with Crippen molar-refractivity contribution in [2.75, 3.05) is 41.4 Å². The van der Waals surface area contributed by atoms with E-state index in [4.69, 9.17) is 9.47 Å². The first-order valence-corrected chi connectivity index (χ1v) is 14.2. The first-order chi connectivity index (χ1) is 19.9. The summed E-state index contributed by atoms with van der Waals surface area (Å²) in [5, 5.41) is 25.5. The molecule has 0 radical (unpaired) electrons. The minimum absolute atomic E-state index is 0.00700. The van der Waals surface area contributed by atoms with E-state index < -0.39 is 46.9 Å². The molecule has 0 spiro atoms. The molecule has 2 saturated heterocycles. The fourth-order valence-corrected chi connectivity index (χ4v) is 9.58. The number of aliphatic hydroxyl groups is 2. The van der Waals surface area contributed by atoms with Gasteiger partial charge in [0.05, 0.1) is 28.3 Å². The second-order valence-corrected chi connectivity index (χ2v) is 12.9. The Balaban J connectivity index is 1.73. The van der Waals surface area contributed by atoms with E-state index in [2.05, 4.69) is 9.13 Å². The number of methoxy groups -OCH3 is 2. The van der Waals surface area contributed by atoms with Gasteiger partial charge in [-0.3, -0.25) is 9.59 Å². The summed E-state index contributed by atoms with van der Waals surface area (Å²) in [6.07, 6.45) is 5.50. The van der Waals surface area contributed by atoms with E-state index in [9.17, 15) is 19.8 Å². The van der Waals surface area contributed by atoms with Crippen molar-refractivity contribution in [1.29, 1.82) is 0 Å². The molecule has 4 aliphatic heterocycles. The number of hydrogen-bond acceptors (Lipinski definition) is 6. The Labute approximate surface area is 244 Å². The highest BCUT2D eigenvalue weighted by Gasteiger charge is 2.95. The summed E-state index contributed by atoms with van der Waals surface area (Å²) in [5.41, 5.74) is -1.40. The predicted molar refractivity (Wildman–Crippen MR) is 143 cm³/mol. The third-order valence-corrected chi connectivity index (χ3v) is 10.8. The highest BCUT2D eigenvalue weighted by molar-refractivity contribution is 5.86. The zero-order valence-corrected chi connectivity index (χ0v) is 24.5. The number of likely N-dealkylation sites (tertiary alicyclic amines) is 1. The number of carbonyl (C=O) groups is 2. The molecular weight excluding hydrogens is 538 g/mol. The van der Waals surface area contributed by atoms with Crippen molar-refractivity contribution in [3.63, 3.8) is 0 Å². The van der Waals surface area contributed by atoms with Crippen LogP contribution in [0.5, 0.6) is 0 Å². The molecule has 4 aliphatic rings. The maximum absolute atomic E-state index is 14.4. The van der Waals surface area contributed by atoms with Gasteiger partial charge in [0, 0.05) is 36.4 Å². The molecule has 0 aliphatic carbocycles. The van der Waals surface area contributed by atoms with Gasteiger partial charge in [0.25, 0.3) is 11.4 Å². The summed E-state index contributed by atoms with van der Waals surface area (Å²) in [6, 6.07) is 16.0. The monoisotopic (exact) mass is 576 g/mol. The van der Waals surface area contributed by atoms with E-state index in [0.717, 1.165) is 17.1 Å². The number of ether oxygens (including phenoxy) is 2. The van der Waals surface area contributed by atoms with E-state index in [1.54, 1.807) is 0 Å². The maximum atomic E-state index is 14.4. The van der Waals surface area contributed by atoms with Crippen LogP contribution in [-0.4, -0.2) is 78.3 Å². The van der Waals surface area contributed by atoms with E-state index in [0.29, 0.717) is 6.54 Å². The third kappa shape index (κ3) is 2.82. The minimum atomic E-state index is -2.83. The molecule has 0 saturated carbocycles. The van der Waals surface area contributed by atoms with Crippen molar-refractivity contribution in [1.82, 2.24) is 0 Å². The highest BCUT2D eigenvalue weighted by atomic mass is 16.6. The molecule has 2 N–H and O–H groups in total. The Bertz CT molecular complexity index is 1570. The Morgan fingerprint density at radius 2 is 1.31 bits per heavy atom. The molecule has 11 heteroatoms. The van der Waals surface area contributed by atoms with Crippen molar-refractivity contribution >= 4 is 11.9 Å². The number of fused-ring (bicyclic) bond motifs is 6. The Morgan fingerprint density at radius 3 is 1.79 bits per heavy atom. The first kappa shape index (κ1) is 27.1. The van der Waals surface area contributed by atoms with E-state index in [1.807, 2.05) is 98.9 Å². The molecule has 7 heterocycles. The smallest absolute Gasteiger partial charge is 0.468 e. The van der Waals surface area contributed by atoms with Gasteiger partial charge in [0.2, 0.25) is 34.4 Å². The lowest BCUT2D eigenvalue weighted by atomic mass is 9.50. The van der Waals surface area contributed by atoms with Gasteiger partial charge < -0.3 is 24.2 Å². The molecule has 0 aromatic carbocycles. The number of aryl methyl sites for hydroxylation is 1. The van der Waals surface area contributed by atoms with E-state index >= 15 is 0 Å². The molecule has 2 fully saturated rings. The van der Waals surface area contributed by atoms with Crippen LogP contribution in [0.25, 0.3) is 0 Å². The molecule has 11 nitrogen and oxygen atoms in total. The zero-order chi connectivity index (χ0) is 29.9. The number of esters is 2. The summed E-state index contributed by atoms with van der Waals surface area (Å²) in [6.45, 7) is 0.408. The molecule has 0 amide bonds. The van der Waals surface area contributed by atoms with Crippen LogP contribution in [0.15, 0.2) is 73.2 Å². The van der Waals surface area contributed by atoms with Gasteiger partial charge >= 0.3 is 18.2 Å². The summed E-state index contributed by atoms with van der Waals surface area (Å²) >= 11 is 0. The van der Waals surface area contributed by atoms with Crippen LogP contribution in [0, 0.1) is 10.8 Å². The van der Waals surface area contributed by atoms with E-state index in [-0.39, 0.29) is 22.1 Å². The summed E-state index contributed by atoms with van der Waals surface area (Å²) in [4.78, 5) is 28.9. The fraction of sp³-hybridized carbons (Fsp3) is 0.452. The lowest BCUT2D eigenvalue weighted by Gasteiger charge is -2.65. The number of aromatic nitrogens is 3. The van der Waals surface area contributed by atoms with Crippen molar-refractivity contribution < 1.29 is 51.9 Å². The van der Waals surface area contributed by atoms with Crippen LogP contribution in [0.1, 0.15) is 35.5 Å². The van der Waals surface area contributed by atoms with Crippen LogP contribution >= 0.6 is 0 Å². The van der Waals surface area contributed by atoms with Crippen molar-refractivity contribution in [2.45, 2.75) is 30.7 Å². The molecule has 7 rings (SSSR count). The van der Waals surface area contributed by atoms with Crippen LogP contribution in [0.3, 0.4) is 0 Å². The first-order valence-electron chi connectivity index (χ1n) is 14.2. The lowest BCUT2D eigenvalue weighted by molar-refractivity contribution is -1.21. The van der Waals surface area contributed by atoms with Gasteiger partial charge in [-0.05, 0) is 18.2 Å². The molecule has 3 aromatic heterocycles. The number of pyridine rings is 3. The SMILES string of the molecule is COC(=O)C12C[N+]3(Cc4cccc[n+]4C)CC(C(=O)OC)(C4c5cccc[n+]5C3[n+]3ccccc3C1[N+]4(C)C)C2(O)O. The highest BCUT2D eigenvalue weighted by Crippen LogP contribution is 2.71. The second-order valence-electron chi connectivity index (χ2n) is 12.9. The number of rotatable bonds is 4. The van der Waals surface area contributed by atoms with Crippen molar-refractivity contribution in [3.8, 4) is 0 Å². The molecular formula is C31H38N5O6+5. The molecule has 4 atom stereocenters. The van der Waals surface area contributed by atoms with E-state index in [1.165, 1.54) is 14.2 Å². The van der Waals surface area contributed by atoms with Gasteiger partial charge in [-0.15, -0.1) is 0 Å². The molecule has 42 heavy (non-hydrogen) atoms. The largest absolute Gasteiger partial charge is 0.484 e. The molecule has 3 aromatic rings. The van der Waals surface area contributed by atoms with Gasteiger partial charge in [-0.1, -0.05) is 9.13 Å². The minimum Gasteiger partial charge on any atom is -0.468 e. The molecule has 3 bridgehead atoms. The maximum Gasteiger partial charge on any atom is 0.484 e. The van der Waals surface area contributed by atoms with Gasteiger partial charge in [0.15, 0.2) is 25.1 Å². The summed E-state index contributed by atoms with van der Waals surface area (Å²) in [7, 11) is 8.45. The Hall–Kier alpha value is -3.77. The molecule has 4 unspecified atom stereocenters. The average Bonchev–Trinajstić information content (AvgIpc) is 3.11. The molecule has 218 valence electrons. The van der Waals surface area contributed by atoms with Gasteiger partial charge in [-0.2, -0.15) is 4.48 Å². The average molecular weight is 577 g/mol. The number of carbonyl (C=O) groups excluding carboxylic acids is 2. The zero-order valence-electron chi connectivity index (χ0n) is 24.5. The van der Waals surface area contributed by atoms with Gasteiger partial charge in [0.1, 0.15) is 20.1 Å². The number of piperidine rings is 2. The predicted octanol–water partition coefficient (Wildman–Crippen LogP) is -0.680. The topological polar surface area (TPSA) is 105 Å². The fourth-order valence-electron chi connectivity index (χ4n) is 9.58. The Kier molecular flexibility index (Phi) is 5.42. The summed E-state index contributed by atoms with van der Waals surface area (Å²) < 4.78 is 17.6. The summed E-state index contributed by atoms with van der Waals surface area (Å²) in [5.74, 6) is -4.35. The normalized spacial score (nSPS) is 34.1. The number of hydrogen-bond donors (Lipinski definition) is 2. The van der Waals surface area contributed by atoms with Crippen molar-refractivity contribution in [2.24, 2.45) is 17.9 Å². The van der Waals surface area contributed by atoms with Crippen LogP contribution in [0.4, 0.5) is 0 Å². The van der Waals surface area contributed by atoms with Gasteiger partial charge in [-0.25, -0.2) is 4.57 Å². The number of quaternary nitrogens is 2. The van der Waals surface area contributed by atoms with Crippen LogP contribution in [0.2, 0.25) is 0 Å².